The highest BCUT2D eigenvalue weighted by Gasteiger charge is 2.43. The molecule has 0 saturated heterocycles. The van der Waals surface area contributed by atoms with Crippen molar-refractivity contribution in [2.24, 2.45) is 23.2 Å². The van der Waals surface area contributed by atoms with Crippen LogP contribution in [-0.2, 0) is 9.47 Å². The van der Waals surface area contributed by atoms with E-state index in [2.05, 4.69) is 65.6 Å². The van der Waals surface area contributed by atoms with Gasteiger partial charge < -0.3 is 9.47 Å². The van der Waals surface area contributed by atoms with Crippen LogP contribution in [-0.4, -0.2) is 28.9 Å². The minimum atomic E-state index is -0.703. The third kappa shape index (κ3) is 6.91. The molecule has 0 saturated carbocycles. The summed E-state index contributed by atoms with van der Waals surface area (Å²) in [5.74, 6) is 1.59. The fourth-order valence-electron chi connectivity index (χ4n) is 2.16. The number of rotatable bonds is 9. The van der Waals surface area contributed by atoms with E-state index in [0.717, 1.165) is 6.42 Å². The van der Waals surface area contributed by atoms with Crippen molar-refractivity contribution in [2.45, 2.75) is 67.2 Å². The molecule has 2 nitrogen and oxygen atoms in total. The zero-order valence-corrected chi connectivity index (χ0v) is 15.2. The van der Waals surface area contributed by atoms with Gasteiger partial charge in [0, 0.05) is 5.41 Å². The predicted molar refractivity (Wildman–Crippen MR) is 83.3 cm³/mol. The molecule has 113 valence electrons. The fourth-order valence-corrected chi connectivity index (χ4v) is 2.42. The average Bonchev–Trinajstić information content (AvgIpc) is 2.21. The fraction of sp³-hybridized carbons (Fsp3) is 1.00. The van der Waals surface area contributed by atoms with E-state index in [1.807, 2.05) is 0 Å². The van der Waals surface area contributed by atoms with Crippen molar-refractivity contribution >= 4 is 10.2 Å². The molecule has 0 aromatic heterocycles. The van der Waals surface area contributed by atoms with E-state index in [-0.39, 0.29) is 5.41 Å². The van der Waals surface area contributed by atoms with Crippen LogP contribution in [0.15, 0.2) is 0 Å². The molecular weight excluding hydrogens is 252 g/mol. The molecule has 0 aliphatic rings. The lowest BCUT2D eigenvalue weighted by molar-refractivity contribution is -0.247. The van der Waals surface area contributed by atoms with Gasteiger partial charge in [-0.1, -0.05) is 55.4 Å². The summed E-state index contributed by atoms with van der Waals surface area (Å²) in [4.78, 5) is 0. The lowest BCUT2D eigenvalue weighted by Crippen LogP contribution is -2.52. The summed E-state index contributed by atoms with van der Waals surface area (Å²) in [6.07, 6.45) is 1.05. The van der Waals surface area contributed by atoms with Crippen molar-refractivity contribution < 1.29 is 9.47 Å². The van der Waals surface area contributed by atoms with Crippen LogP contribution in [0.2, 0.25) is 0 Å². The highest BCUT2D eigenvalue weighted by molar-refractivity contribution is 6.14. The highest BCUT2D eigenvalue weighted by Crippen LogP contribution is 2.39. The van der Waals surface area contributed by atoms with Crippen LogP contribution < -0.4 is 0 Å². The third-order valence-electron chi connectivity index (χ3n) is 3.05. The van der Waals surface area contributed by atoms with Gasteiger partial charge in [0.15, 0.2) is 0 Å². The van der Waals surface area contributed by atoms with Crippen molar-refractivity contribution in [3.8, 4) is 0 Å². The van der Waals surface area contributed by atoms with Crippen LogP contribution in [0.25, 0.3) is 0 Å². The molecule has 0 aliphatic heterocycles. The smallest absolute Gasteiger partial charge is 0.149 e. The SMILES string of the molecule is CC(C)COC([Si])(OCC(C)C)C(C)(C)CC(C)C. The van der Waals surface area contributed by atoms with Crippen LogP contribution >= 0.6 is 0 Å². The molecule has 0 unspecified atom stereocenters. The lowest BCUT2D eigenvalue weighted by atomic mass is 9.82. The van der Waals surface area contributed by atoms with Crippen molar-refractivity contribution in [3.63, 3.8) is 0 Å². The Morgan fingerprint density at radius 3 is 1.42 bits per heavy atom. The quantitative estimate of drug-likeness (QED) is 0.466. The molecular formula is C16H33O2Si. The van der Waals surface area contributed by atoms with Gasteiger partial charge in [0.1, 0.15) is 15.7 Å². The second-order valence-corrected chi connectivity index (χ2v) is 8.17. The largest absolute Gasteiger partial charge is 0.354 e. The molecule has 0 aliphatic carbocycles. The first kappa shape index (κ1) is 19.1. The second kappa shape index (κ2) is 7.80. The van der Waals surface area contributed by atoms with E-state index in [1.54, 1.807) is 0 Å². The molecule has 0 rings (SSSR count). The van der Waals surface area contributed by atoms with Gasteiger partial charge in [0.2, 0.25) is 0 Å². The van der Waals surface area contributed by atoms with E-state index in [4.69, 9.17) is 9.47 Å². The van der Waals surface area contributed by atoms with E-state index >= 15 is 0 Å². The van der Waals surface area contributed by atoms with Gasteiger partial charge in [0.05, 0.1) is 13.2 Å². The summed E-state index contributed by atoms with van der Waals surface area (Å²) in [5, 5.41) is 0. The molecule has 0 N–H and O–H groups in total. The first-order valence-corrected chi connectivity index (χ1v) is 8.03. The Hall–Kier alpha value is 0.137. The van der Waals surface area contributed by atoms with Gasteiger partial charge in [-0.2, -0.15) is 0 Å². The van der Waals surface area contributed by atoms with E-state index < -0.39 is 5.41 Å². The zero-order valence-electron chi connectivity index (χ0n) is 14.2. The maximum absolute atomic E-state index is 6.10. The molecule has 0 spiro atoms. The zero-order chi connectivity index (χ0) is 15.3. The standard InChI is InChI=1S/C16H33O2Si/c1-12(2)9-15(7,8)16(19,17-10-13(3)4)18-11-14(5)6/h12-14H,9-11H2,1-8H3. The van der Waals surface area contributed by atoms with Gasteiger partial charge in [-0.15, -0.1) is 0 Å². The Morgan fingerprint density at radius 1 is 0.789 bits per heavy atom. The minimum Gasteiger partial charge on any atom is -0.354 e. The van der Waals surface area contributed by atoms with Crippen LogP contribution in [0.1, 0.15) is 61.8 Å². The summed E-state index contributed by atoms with van der Waals surface area (Å²) in [7, 11) is 3.81. The molecule has 0 fully saturated rings. The van der Waals surface area contributed by atoms with Crippen molar-refractivity contribution in [2.75, 3.05) is 13.2 Å². The normalized spacial score (nSPS) is 13.9. The van der Waals surface area contributed by atoms with Crippen molar-refractivity contribution in [3.05, 3.63) is 0 Å². The summed E-state index contributed by atoms with van der Waals surface area (Å²) in [5.41, 5.74) is -0.784. The van der Waals surface area contributed by atoms with Crippen LogP contribution in [0, 0.1) is 23.2 Å². The van der Waals surface area contributed by atoms with Gasteiger partial charge in [-0.3, -0.25) is 0 Å². The maximum Gasteiger partial charge on any atom is 0.149 e. The van der Waals surface area contributed by atoms with Crippen molar-refractivity contribution in [1.82, 2.24) is 0 Å². The van der Waals surface area contributed by atoms with E-state index in [9.17, 15) is 0 Å². The summed E-state index contributed by atoms with van der Waals surface area (Å²) in [6.45, 7) is 18.9. The first-order valence-electron chi connectivity index (χ1n) is 7.53. The average molecular weight is 286 g/mol. The molecule has 0 amide bonds. The molecule has 3 radical (unpaired) electrons. The summed E-state index contributed by atoms with van der Waals surface area (Å²) >= 11 is 0. The lowest BCUT2D eigenvalue weighted by Gasteiger charge is -2.45. The van der Waals surface area contributed by atoms with Crippen LogP contribution in [0.4, 0.5) is 0 Å². The monoisotopic (exact) mass is 285 g/mol. The first-order chi connectivity index (χ1) is 8.50. The topological polar surface area (TPSA) is 18.5 Å². The van der Waals surface area contributed by atoms with Crippen LogP contribution in [0.5, 0.6) is 0 Å². The van der Waals surface area contributed by atoms with Gasteiger partial charge in [-0.05, 0) is 24.2 Å². The number of hydrogen-bond acceptors (Lipinski definition) is 2. The van der Waals surface area contributed by atoms with E-state index in [1.165, 1.54) is 0 Å². The summed E-state index contributed by atoms with van der Waals surface area (Å²) < 4.78 is 12.2. The Morgan fingerprint density at radius 2 is 1.16 bits per heavy atom. The number of hydrogen-bond donors (Lipinski definition) is 0. The second-order valence-electron chi connectivity index (χ2n) is 7.51. The molecule has 19 heavy (non-hydrogen) atoms. The Balaban J connectivity index is 4.89. The van der Waals surface area contributed by atoms with Gasteiger partial charge in [-0.25, -0.2) is 0 Å². The molecule has 3 heteroatoms. The van der Waals surface area contributed by atoms with Gasteiger partial charge >= 0.3 is 0 Å². The molecule has 0 bridgehead atoms. The molecule has 0 atom stereocenters. The molecule has 0 aromatic carbocycles. The predicted octanol–water partition coefficient (Wildman–Crippen LogP) is 4.23. The Labute approximate surface area is 124 Å². The van der Waals surface area contributed by atoms with Crippen molar-refractivity contribution in [1.29, 1.82) is 0 Å². The van der Waals surface area contributed by atoms with Crippen LogP contribution in [0.3, 0.4) is 0 Å². The summed E-state index contributed by atoms with van der Waals surface area (Å²) in [6, 6.07) is 0. The number of ether oxygens (including phenoxy) is 2. The highest BCUT2D eigenvalue weighted by atomic mass is 28.1. The Bertz CT molecular complexity index is 235. The molecule has 0 heterocycles. The maximum atomic E-state index is 6.10. The molecule has 0 aromatic rings. The third-order valence-corrected chi connectivity index (χ3v) is 4.01. The Kier molecular flexibility index (Phi) is 7.85. The van der Waals surface area contributed by atoms with Gasteiger partial charge in [0.25, 0.3) is 0 Å². The van der Waals surface area contributed by atoms with E-state index in [0.29, 0.717) is 31.0 Å². The minimum absolute atomic E-state index is 0.0815.